The Morgan fingerprint density at radius 3 is 2.04 bits per heavy atom. The summed E-state index contributed by atoms with van der Waals surface area (Å²) in [6.45, 7) is 6.25. The van der Waals surface area contributed by atoms with Gasteiger partial charge in [0.15, 0.2) is 0 Å². The first-order valence-electron chi connectivity index (χ1n) is 7.92. The Kier molecular flexibility index (Phi) is 5.47. The van der Waals surface area contributed by atoms with Crippen LogP contribution in [0.1, 0.15) is 31.9 Å². The molecule has 0 aromatic heterocycles. The van der Waals surface area contributed by atoms with Gasteiger partial charge >= 0.3 is 10.4 Å². The smallest absolute Gasteiger partial charge is 0.247 e. The van der Waals surface area contributed by atoms with Crippen molar-refractivity contribution in [2.45, 2.75) is 37.5 Å². The molecule has 0 bridgehead atoms. The highest BCUT2D eigenvalue weighted by Gasteiger charge is 2.51. The molecular formula is C18H22N2O4S. The molecule has 0 spiro atoms. The lowest BCUT2D eigenvalue weighted by Gasteiger charge is -2.22. The minimum absolute atomic E-state index is 0.0500. The molecule has 0 saturated carbocycles. The maximum atomic E-state index is 11.7. The molecule has 0 aliphatic carbocycles. The van der Waals surface area contributed by atoms with Gasteiger partial charge in [0.2, 0.25) is 0 Å². The molecule has 25 heavy (non-hydrogen) atoms. The molecular weight excluding hydrogens is 340 g/mol. The summed E-state index contributed by atoms with van der Waals surface area (Å²) in [4.78, 5) is 23.6. The van der Waals surface area contributed by atoms with Gasteiger partial charge in [0.25, 0.3) is 0 Å². The molecule has 0 fully saturated rings. The van der Waals surface area contributed by atoms with E-state index in [2.05, 4.69) is 20.8 Å². The van der Waals surface area contributed by atoms with E-state index < -0.39 is 19.1 Å². The van der Waals surface area contributed by atoms with Crippen LogP contribution in [-0.4, -0.2) is 14.4 Å². The van der Waals surface area contributed by atoms with Crippen LogP contribution in [0.4, 0.5) is 0 Å². The third kappa shape index (κ3) is 3.99. The van der Waals surface area contributed by atoms with Gasteiger partial charge in [-0.25, -0.2) is 20.2 Å². The van der Waals surface area contributed by atoms with E-state index >= 15 is 0 Å². The molecule has 134 valence electrons. The number of benzene rings is 2. The van der Waals surface area contributed by atoms with Crippen molar-refractivity contribution in [3.8, 4) is 0 Å². The maximum Gasteiger partial charge on any atom is 0.308 e. The van der Waals surface area contributed by atoms with Crippen molar-refractivity contribution in [1.29, 1.82) is 0 Å². The molecule has 0 saturated heterocycles. The van der Waals surface area contributed by atoms with Crippen molar-refractivity contribution in [1.82, 2.24) is 0 Å². The summed E-state index contributed by atoms with van der Waals surface area (Å²) in [7, 11) is -3.41. The van der Waals surface area contributed by atoms with E-state index in [1.54, 1.807) is 18.2 Å². The second-order valence-corrected chi connectivity index (χ2v) is 9.64. The van der Waals surface area contributed by atoms with Crippen LogP contribution in [0.2, 0.25) is 0 Å². The lowest BCUT2D eigenvalue weighted by Crippen LogP contribution is -2.24. The molecule has 0 heterocycles. The Hall–Kier alpha value is -2.41. The Bertz CT molecular complexity index is 758. The van der Waals surface area contributed by atoms with E-state index in [-0.39, 0.29) is 22.5 Å². The van der Waals surface area contributed by atoms with Gasteiger partial charge in [0, 0.05) is 0 Å². The van der Waals surface area contributed by atoms with E-state index in [4.69, 9.17) is 0 Å². The fraction of sp³-hybridized carbons (Fsp3) is 0.333. The van der Waals surface area contributed by atoms with Crippen molar-refractivity contribution < 1.29 is 8.66 Å². The van der Waals surface area contributed by atoms with Gasteiger partial charge in [-0.1, -0.05) is 63.2 Å². The van der Waals surface area contributed by atoms with E-state index in [0.29, 0.717) is 0 Å². The van der Waals surface area contributed by atoms with Gasteiger partial charge < -0.3 is 0 Å². The van der Waals surface area contributed by atoms with Crippen LogP contribution < -0.4 is 0 Å². The molecule has 2 aromatic carbocycles. The SMILES string of the molecule is CC(C)(C)c1cccc(CCS(c2ccccc2)([N+](=O)[O-])[N+](=O)[O-])c1. The van der Waals surface area contributed by atoms with Crippen LogP contribution in [0.3, 0.4) is 0 Å². The van der Waals surface area contributed by atoms with Crippen molar-refractivity contribution in [2.75, 3.05) is 5.75 Å². The topological polar surface area (TPSA) is 86.3 Å². The average molecular weight is 362 g/mol. The molecule has 0 atom stereocenters. The largest absolute Gasteiger partial charge is 0.308 e. The van der Waals surface area contributed by atoms with Gasteiger partial charge in [0.1, 0.15) is 19.3 Å². The highest BCUT2D eigenvalue weighted by molar-refractivity contribution is 8.23. The van der Waals surface area contributed by atoms with Gasteiger partial charge in [-0.05, 0) is 35.1 Å². The van der Waals surface area contributed by atoms with E-state index in [0.717, 1.165) is 11.1 Å². The first-order chi connectivity index (χ1) is 11.7. The molecule has 0 amide bonds. The monoisotopic (exact) mass is 362 g/mol. The molecule has 2 rings (SSSR count). The van der Waals surface area contributed by atoms with Gasteiger partial charge in [0.05, 0.1) is 0 Å². The fourth-order valence-corrected chi connectivity index (χ4v) is 4.69. The number of nitrogens with zero attached hydrogens (tertiary/aromatic N) is 2. The van der Waals surface area contributed by atoms with Crippen molar-refractivity contribution in [3.63, 3.8) is 0 Å². The Morgan fingerprint density at radius 1 is 0.920 bits per heavy atom. The number of hydrogen-bond donors (Lipinski definition) is 0. The number of aryl methyl sites for hydroxylation is 1. The highest BCUT2D eigenvalue weighted by atomic mass is 32.3. The summed E-state index contributed by atoms with van der Waals surface area (Å²) >= 11 is 0. The van der Waals surface area contributed by atoms with Crippen LogP contribution in [0.5, 0.6) is 0 Å². The first-order valence-corrected chi connectivity index (χ1v) is 9.64. The standard InChI is InChI=1S/C18H22N2O4S/c1-18(2,3)16-9-7-8-15(14-16)12-13-25(19(21)22,20(23)24)17-10-5-4-6-11-17/h4-11,14H,12-13H2,1-3H3. The molecule has 0 aliphatic rings. The third-order valence-electron chi connectivity index (χ3n) is 4.08. The summed E-state index contributed by atoms with van der Waals surface area (Å²) in [5.74, 6) is -0.120. The normalized spacial score (nSPS) is 12.6. The third-order valence-corrected chi connectivity index (χ3v) is 6.87. The van der Waals surface area contributed by atoms with Gasteiger partial charge in [-0.2, -0.15) is 0 Å². The van der Waals surface area contributed by atoms with Crippen LogP contribution in [0, 0.1) is 20.2 Å². The number of hydrogen-bond acceptors (Lipinski definition) is 4. The molecule has 0 unspecified atom stereocenters. The van der Waals surface area contributed by atoms with Crippen molar-refractivity contribution in [2.24, 2.45) is 0 Å². The summed E-state index contributed by atoms with van der Waals surface area (Å²) < 4.78 is -1.40. The maximum absolute atomic E-state index is 11.7. The summed E-state index contributed by atoms with van der Waals surface area (Å²) in [6, 6.07) is 15.6. The molecule has 0 N–H and O–H groups in total. The van der Waals surface area contributed by atoms with Crippen LogP contribution >= 0.6 is 10.4 Å². The highest BCUT2D eigenvalue weighted by Crippen LogP contribution is 2.56. The predicted molar refractivity (Wildman–Crippen MR) is 100 cm³/mol. The quantitative estimate of drug-likeness (QED) is 0.547. The molecule has 7 heteroatoms. The van der Waals surface area contributed by atoms with Crippen LogP contribution in [0.25, 0.3) is 0 Å². The zero-order chi connectivity index (χ0) is 18.7. The van der Waals surface area contributed by atoms with Gasteiger partial charge in [-0.3, -0.25) is 0 Å². The summed E-state index contributed by atoms with van der Waals surface area (Å²) in [5.41, 5.74) is 1.93. The Balaban J connectivity index is 2.37. The number of rotatable bonds is 6. The average Bonchev–Trinajstić information content (AvgIpc) is 2.55. The predicted octanol–water partition coefficient (Wildman–Crippen LogP) is 4.77. The zero-order valence-electron chi connectivity index (χ0n) is 14.5. The number of nitro groups is 2. The summed E-state index contributed by atoms with van der Waals surface area (Å²) in [5, 5.41) is 23.4. The molecule has 6 nitrogen and oxygen atoms in total. The molecule has 2 aromatic rings. The zero-order valence-corrected chi connectivity index (χ0v) is 15.4. The van der Waals surface area contributed by atoms with E-state index in [1.165, 1.54) is 12.1 Å². The van der Waals surface area contributed by atoms with Crippen LogP contribution in [-0.2, 0) is 11.8 Å². The van der Waals surface area contributed by atoms with E-state index in [9.17, 15) is 20.2 Å². The lowest BCUT2D eigenvalue weighted by molar-refractivity contribution is -0.411. The molecule has 0 aliphatic heterocycles. The first kappa shape index (κ1) is 18.9. The summed E-state index contributed by atoms with van der Waals surface area (Å²) in [6.07, 6.45) is 0.288. The van der Waals surface area contributed by atoms with Crippen LogP contribution in [0.15, 0.2) is 59.5 Å². The van der Waals surface area contributed by atoms with Crippen molar-refractivity contribution in [3.05, 3.63) is 86.0 Å². The second kappa shape index (κ2) is 7.23. The second-order valence-electron chi connectivity index (χ2n) is 6.83. The minimum atomic E-state index is -3.41. The van der Waals surface area contributed by atoms with Crippen molar-refractivity contribution >= 4 is 10.4 Å². The van der Waals surface area contributed by atoms with Gasteiger partial charge in [-0.15, -0.1) is 0 Å². The Morgan fingerprint density at radius 2 is 1.52 bits per heavy atom. The fourth-order valence-electron chi connectivity index (χ4n) is 2.59. The molecule has 0 radical (unpaired) electrons. The minimum Gasteiger partial charge on any atom is -0.247 e. The lowest BCUT2D eigenvalue weighted by atomic mass is 9.86. The Labute approximate surface area is 148 Å². The van der Waals surface area contributed by atoms with E-state index in [1.807, 2.05) is 24.3 Å².